The maximum atomic E-state index is 11.1. The van der Waals surface area contributed by atoms with E-state index < -0.39 is 22.8 Å². The normalized spacial score (nSPS) is 12.1. The number of hydrogen-bond acceptors (Lipinski definition) is 5. The lowest BCUT2D eigenvalue weighted by atomic mass is 9.86. The van der Waals surface area contributed by atoms with E-state index in [0.717, 1.165) is 12.8 Å². The minimum absolute atomic E-state index is 0.0789. The number of aryl methyl sites for hydroxylation is 1. The Balaban J connectivity index is 2.60. The predicted molar refractivity (Wildman–Crippen MR) is 114 cm³/mol. The van der Waals surface area contributed by atoms with Gasteiger partial charge in [-0.2, -0.15) is 0 Å². The summed E-state index contributed by atoms with van der Waals surface area (Å²) in [6, 6.07) is 1.47. The molecule has 1 aromatic rings. The van der Waals surface area contributed by atoms with Crippen molar-refractivity contribution in [1.29, 1.82) is 0 Å². The van der Waals surface area contributed by atoms with Crippen LogP contribution in [0.15, 0.2) is 6.07 Å². The van der Waals surface area contributed by atoms with Gasteiger partial charge in [-0.25, -0.2) is 0 Å². The molecule has 0 heterocycles. The zero-order chi connectivity index (χ0) is 23.1. The van der Waals surface area contributed by atoms with E-state index in [-0.39, 0.29) is 22.8 Å². The average molecular weight is 425 g/mol. The number of phenols is 3. The van der Waals surface area contributed by atoms with Crippen LogP contribution in [-0.4, -0.2) is 37.5 Å². The molecule has 1 rings (SSSR count). The lowest BCUT2D eigenvalue weighted by Gasteiger charge is -2.19. The predicted octanol–water partition coefficient (Wildman–Crippen LogP) is 4.84. The van der Waals surface area contributed by atoms with Crippen LogP contribution in [0.3, 0.4) is 0 Å². The van der Waals surface area contributed by atoms with Crippen molar-refractivity contribution < 1.29 is 35.1 Å². The molecule has 0 radical (unpaired) electrons. The van der Waals surface area contributed by atoms with Gasteiger partial charge in [-0.05, 0) is 72.3 Å². The lowest BCUT2D eigenvalue weighted by molar-refractivity contribution is -0.148. The molecular weight excluding hydrogens is 388 g/mol. The summed E-state index contributed by atoms with van der Waals surface area (Å²) in [5, 5.41) is 49.2. The van der Waals surface area contributed by atoms with Crippen molar-refractivity contribution in [3.05, 3.63) is 17.2 Å². The number of hydrogen-bond donors (Lipinski definition) is 5. The molecule has 5 N–H and O–H groups in total. The Morgan fingerprint density at radius 1 is 0.733 bits per heavy atom. The number of benzene rings is 1. The quantitative estimate of drug-likeness (QED) is 0.174. The maximum Gasteiger partial charge on any atom is 0.309 e. The molecule has 0 aliphatic rings. The first-order chi connectivity index (χ1) is 13.8. The van der Waals surface area contributed by atoms with Crippen molar-refractivity contribution >= 4 is 11.9 Å². The van der Waals surface area contributed by atoms with Crippen LogP contribution in [-0.2, 0) is 22.4 Å². The molecule has 0 bridgehead atoms. The summed E-state index contributed by atoms with van der Waals surface area (Å²) in [5.41, 5.74) is -0.860. The van der Waals surface area contributed by atoms with E-state index in [4.69, 9.17) is 10.2 Å². The minimum atomic E-state index is -0.860. The van der Waals surface area contributed by atoms with E-state index in [1.54, 1.807) is 27.7 Å². The molecule has 0 fully saturated rings. The smallest absolute Gasteiger partial charge is 0.309 e. The monoisotopic (exact) mass is 424 g/mol. The number of carbonyl (C=O) groups is 2. The zero-order valence-corrected chi connectivity index (χ0v) is 18.5. The molecule has 170 valence electrons. The lowest BCUT2D eigenvalue weighted by Crippen LogP contribution is -2.23. The minimum Gasteiger partial charge on any atom is -0.508 e. The fraction of sp³-hybridized carbons (Fsp3) is 0.652. The molecule has 0 aliphatic heterocycles. The summed E-state index contributed by atoms with van der Waals surface area (Å²) in [7, 11) is 0. The number of aromatic hydroxyl groups is 3. The summed E-state index contributed by atoms with van der Waals surface area (Å²) in [4.78, 5) is 22.3. The highest BCUT2D eigenvalue weighted by atomic mass is 16.4. The van der Waals surface area contributed by atoms with E-state index in [9.17, 15) is 24.9 Å². The zero-order valence-electron chi connectivity index (χ0n) is 18.5. The first kappa shape index (κ1) is 25.6. The number of phenolic OH excluding ortho intramolecular Hbond substituents is 3. The Labute approximate surface area is 178 Å². The van der Waals surface area contributed by atoms with E-state index in [2.05, 4.69) is 0 Å². The largest absolute Gasteiger partial charge is 0.508 e. The topological polar surface area (TPSA) is 135 Å². The molecule has 0 amide bonds. The van der Waals surface area contributed by atoms with Gasteiger partial charge in [0.15, 0.2) is 11.5 Å². The van der Waals surface area contributed by atoms with Crippen molar-refractivity contribution in [2.45, 2.75) is 85.5 Å². The van der Waals surface area contributed by atoms with Gasteiger partial charge in [0.2, 0.25) is 0 Å². The summed E-state index contributed by atoms with van der Waals surface area (Å²) in [6.45, 7) is 6.71. The molecule has 7 heteroatoms. The Morgan fingerprint density at radius 3 is 1.70 bits per heavy atom. The number of rotatable bonds is 13. The fourth-order valence-corrected chi connectivity index (χ4v) is 3.32. The highest BCUT2D eigenvalue weighted by molar-refractivity contribution is 5.73. The molecule has 0 atom stereocenters. The molecular formula is C23H36O7. The summed E-state index contributed by atoms with van der Waals surface area (Å²) < 4.78 is 0. The summed E-state index contributed by atoms with van der Waals surface area (Å²) in [6.07, 6.45) is 5.25. The standard InChI is InChI=1S/C23H36O7/c1-22(2,20(27)28)12-8-5-6-10-15-14-17(24)16(19(26)18(15)25)11-7-9-13-23(3,4)21(29)30/h14,24-26H,5-13H2,1-4H3,(H,27,28)(H,29,30). The van der Waals surface area contributed by atoms with Gasteiger partial charge in [-0.15, -0.1) is 0 Å². The number of unbranched alkanes of at least 4 members (excludes halogenated alkanes) is 3. The van der Waals surface area contributed by atoms with Crippen LogP contribution in [0.2, 0.25) is 0 Å². The Kier molecular flexibility index (Phi) is 9.00. The molecule has 0 saturated carbocycles. The molecule has 1 aromatic carbocycles. The number of carboxylic acid groups (broad SMARTS) is 2. The van der Waals surface area contributed by atoms with Crippen LogP contribution >= 0.6 is 0 Å². The molecule has 0 unspecified atom stereocenters. The van der Waals surface area contributed by atoms with Crippen LogP contribution in [0.4, 0.5) is 0 Å². The molecule has 0 aromatic heterocycles. The van der Waals surface area contributed by atoms with E-state index in [0.29, 0.717) is 50.5 Å². The van der Waals surface area contributed by atoms with Crippen LogP contribution < -0.4 is 0 Å². The highest BCUT2D eigenvalue weighted by Crippen LogP contribution is 2.40. The molecule has 0 spiro atoms. The van der Waals surface area contributed by atoms with Gasteiger partial charge in [0.05, 0.1) is 10.8 Å². The van der Waals surface area contributed by atoms with Crippen molar-refractivity contribution in [2.75, 3.05) is 0 Å². The van der Waals surface area contributed by atoms with E-state index >= 15 is 0 Å². The average Bonchev–Trinajstić information content (AvgIpc) is 2.64. The molecule has 30 heavy (non-hydrogen) atoms. The Morgan fingerprint density at radius 2 is 1.20 bits per heavy atom. The molecule has 0 saturated heterocycles. The first-order valence-corrected chi connectivity index (χ1v) is 10.5. The van der Waals surface area contributed by atoms with Gasteiger partial charge < -0.3 is 25.5 Å². The maximum absolute atomic E-state index is 11.1. The van der Waals surface area contributed by atoms with Gasteiger partial charge in [0, 0.05) is 11.1 Å². The van der Waals surface area contributed by atoms with Gasteiger partial charge in [0.25, 0.3) is 0 Å². The first-order valence-electron chi connectivity index (χ1n) is 10.5. The SMILES string of the molecule is CC(C)(CCCCCc1cc(O)c(CCCCC(C)(C)C(=O)O)c(O)c1O)C(=O)O. The second kappa shape index (κ2) is 10.5. The highest BCUT2D eigenvalue weighted by Gasteiger charge is 2.27. The van der Waals surface area contributed by atoms with Crippen molar-refractivity contribution in [1.82, 2.24) is 0 Å². The summed E-state index contributed by atoms with van der Waals surface area (Å²) >= 11 is 0. The second-order valence-corrected chi connectivity index (χ2v) is 9.38. The second-order valence-electron chi connectivity index (χ2n) is 9.38. The Bertz CT molecular complexity index is 750. The third-order valence-corrected chi connectivity index (χ3v) is 5.82. The third-order valence-electron chi connectivity index (χ3n) is 5.82. The van der Waals surface area contributed by atoms with Gasteiger partial charge in [0.1, 0.15) is 5.75 Å². The van der Waals surface area contributed by atoms with Crippen LogP contribution in [0.25, 0.3) is 0 Å². The third kappa shape index (κ3) is 7.11. The summed E-state index contributed by atoms with van der Waals surface area (Å²) in [5.74, 6) is -2.32. The van der Waals surface area contributed by atoms with Gasteiger partial charge >= 0.3 is 11.9 Å². The van der Waals surface area contributed by atoms with E-state index in [1.165, 1.54) is 6.07 Å². The fourth-order valence-electron chi connectivity index (χ4n) is 3.32. The van der Waals surface area contributed by atoms with Crippen LogP contribution in [0.5, 0.6) is 17.2 Å². The van der Waals surface area contributed by atoms with Crippen LogP contribution in [0, 0.1) is 10.8 Å². The van der Waals surface area contributed by atoms with Crippen LogP contribution in [0.1, 0.15) is 83.8 Å². The van der Waals surface area contributed by atoms with E-state index in [1.807, 2.05) is 0 Å². The van der Waals surface area contributed by atoms with Crippen molar-refractivity contribution in [2.24, 2.45) is 10.8 Å². The molecule has 0 aliphatic carbocycles. The number of aliphatic carboxylic acids is 2. The number of carboxylic acids is 2. The Hall–Kier alpha value is -2.44. The van der Waals surface area contributed by atoms with Gasteiger partial charge in [-0.1, -0.05) is 19.3 Å². The van der Waals surface area contributed by atoms with Gasteiger partial charge in [-0.3, -0.25) is 9.59 Å². The van der Waals surface area contributed by atoms with Crippen molar-refractivity contribution in [3.8, 4) is 17.2 Å². The molecule has 7 nitrogen and oxygen atoms in total. The van der Waals surface area contributed by atoms with Crippen molar-refractivity contribution in [3.63, 3.8) is 0 Å².